The summed E-state index contributed by atoms with van der Waals surface area (Å²) in [5, 5.41) is 11.8. The van der Waals surface area contributed by atoms with Crippen LogP contribution in [-0.4, -0.2) is 15.3 Å². The van der Waals surface area contributed by atoms with Gasteiger partial charge in [-0.25, -0.2) is 0 Å². The molecule has 0 fully saturated rings. The predicted molar refractivity (Wildman–Crippen MR) is 99.6 cm³/mol. The first kappa shape index (κ1) is 21.6. The molecule has 1 unspecified atom stereocenters. The SMILES string of the molecule is CCCCCC=CCC=CCC=CS(=O)C=CCCCC(=O)O. The molecule has 0 radical (unpaired) electrons. The topological polar surface area (TPSA) is 54.4 Å². The van der Waals surface area contributed by atoms with Gasteiger partial charge in [0.2, 0.25) is 0 Å². The molecule has 0 aliphatic rings. The van der Waals surface area contributed by atoms with Gasteiger partial charge < -0.3 is 5.11 Å². The molecule has 4 heteroatoms. The van der Waals surface area contributed by atoms with E-state index in [4.69, 9.17) is 5.11 Å². The summed E-state index contributed by atoms with van der Waals surface area (Å²) in [6.45, 7) is 2.21. The van der Waals surface area contributed by atoms with Gasteiger partial charge in [-0.1, -0.05) is 56.2 Å². The second-order valence-electron chi connectivity index (χ2n) is 5.27. The quantitative estimate of drug-likeness (QED) is 0.336. The van der Waals surface area contributed by atoms with Crippen molar-refractivity contribution in [2.75, 3.05) is 0 Å². The lowest BCUT2D eigenvalue weighted by molar-refractivity contribution is -0.137. The van der Waals surface area contributed by atoms with Crippen molar-refractivity contribution < 1.29 is 14.1 Å². The van der Waals surface area contributed by atoms with Crippen LogP contribution in [0.2, 0.25) is 0 Å². The van der Waals surface area contributed by atoms with Crippen molar-refractivity contribution in [2.24, 2.45) is 0 Å². The van der Waals surface area contributed by atoms with E-state index in [1.165, 1.54) is 25.7 Å². The molecule has 0 aliphatic carbocycles. The second-order valence-corrected chi connectivity index (χ2v) is 6.47. The Morgan fingerprint density at radius 2 is 1.48 bits per heavy atom. The summed E-state index contributed by atoms with van der Waals surface area (Å²) in [4.78, 5) is 10.3. The van der Waals surface area contributed by atoms with Crippen molar-refractivity contribution in [2.45, 2.75) is 64.7 Å². The fraction of sp³-hybridized carbons (Fsp3) is 0.526. The lowest BCUT2D eigenvalue weighted by atomic mass is 10.2. The van der Waals surface area contributed by atoms with Gasteiger partial charge in [0.15, 0.2) is 0 Å². The van der Waals surface area contributed by atoms with Crippen LogP contribution in [0.3, 0.4) is 0 Å². The van der Waals surface area contributed by atoms with Crippen LogP contribution in [-0.2, 0) is 15.6 Å². The van der Waals surface area contributed by atoms with Crippen LogP contribution < -0.4 is 0 Å². The fourth-order valence-electron chi connectivity index (χ4n) is 1.81. The highest BCUT2D eigenvalue weighted by Crippen LogP contribution is 2.01. The molecule has 23 heavy (non-hydrogen) atoms. The number of hydrogen-bond acceptors (Lipinski definition) is 2. The first-order valence-corrected chi connectivity index (χ1v) is 9.69. The maximum atomic E-state index is 11.6. The highest BCUT2D eigenvalue weighted by atomic mass is 32.2. The molecule has 0 aliphatic heterocycles. The minimum Gasteiger partial charge on any atom is -0.481 e. The van der Waals surface area contributed by atoms with Gasteiger partial charge in [-0.2, -0.15) is 0 Å². The fourth-order valence-corrected chi connectivity index (χ4v) is 2.52. The first-order chi connectivity index (χ1) is 11.2. The number of carbonyl (C=O) groups is 1. The number of carboxylic acid groups (broad SMARTS) is 1. The van der Waals surface area contributed by atoms with Crippen molar-refractivity contribution in [1.29, 1.82) is 0 Å². The molecule has 0 bridgehead atoms. The molecule has 0 saturated carbocycles. The molecule has 0 rings (SSSR count). The van der Waals surface area contributed by atoms with Gasteiger partial charge in [-0.05, 0) is 38.5 Å². The number of hydrogen-bond donors (Lipinski definition) is 1. The monoisotopic (exact) mass is 338 g/mol. The number of rotatable bonds is 14. The van der Waals surface area contributed by atoms with E-state index in [0.29, 0.717) is 12.8 Å². The summed E-state index contributed by atoms with van der Waals surface area (Å²) >= 11 is 0. The standard InChI is InChI=1S/C19H30O3S/c1-2-3-4-5-6-7-8-9-10-11-14-17-23(22)18-15-12-13-16-19(20)21/h6-7,9-10,14-15,17-18H,2-5,8,11-13,16H2,1H3,(H,20,21). The molecule has 0 amide bonds. The maximum Gasteiger partial charge on any atom is 0.303 e. The minimum atomic E-state index is -1.10. The Bertz CT molecular complexity index is 434. The van der Waals surface area contributed by atoms with Gasteiger partial charge >= 0.3 is 5.97 Å². The lowest BCUT2D eigenvalue weighted by Crippen LogP contribution is -1.92. The third-order valence-electron chi connectivity index (χ3n) is 3.07. The number of allylic oxidation sites excluding steroid dienone is 6. The summed E-state index contributed by atoms with van der Waals surface area (Å²) in [6.07, 6.45) is 20.4. The van der Waals surface area contributed by atoms with Gasteiger partial charge in [-0.3, -0.25) is 9.00 Å². The molecule has 0 spiro atoms. The zero-order valence-corrected chi connectivity index (χ0v) is 15.0. The molecule has 0 aromatic heterocycles. The average molecular weight is 339 g/mol. The summed E-state index contributed by atoms with van der Waals surface area (Å²) in [5.74, 6) is -0.790. The Balaban J connectivity index is 3.64. The molecule has 0 aromatic carbocycles. The van der Waals surface area contributed by atoms with E-state index in [1.54, 1.807) is 16.9 Å². The Morgan fingerprint density at radius 1 is 0.870 bits per heavy atom. The van der Waals surface area contributed by atoms with Crippen molar-refractivity contribution in [1.82, 2.24) is 0 Å². The van der Waals surface area contributed by atoms with Gasteiger partial charge in [0.05, 0.1) is 10.8 Å². The highest BCUT2D eigenvalue weighted by Gasteiger charge is 1.93. The molecule has 0 heterocycles. The number of carboxylic acids is 1. The normalized spacial score (nSPS) is 13.8. The van der Waals surface area contributed by atoms with Crippen LogP contribution >= 0.6 is 0 Å². The van der Waals surface area contributed by atoms with Crippen LogP contribution in [0.25, 0.3) is 0 Å². The molecule has 1 N–H and O–H groups in total. The third kappa shape index (κ3) is 18.5. The van der Waals surface area contributed by atoms with E-state index in [9.17, 15) is 9.00 Å². The Morgan fingerprint density at radius 3 is 2.17 bits per heavy atom. The zero-order valence-electron chi connectivity index (χ0n) is 14.2. The third-order valence-corrected chi connectivity index (χ3v) is 4.00. The summed E-state index contributed by atoms with van der Waals surface area (Å²) < 4.78 is 11.6. The van der Waals surface area contributed by atoms with Crippen LogP contribution in [0.4, 0.5) is 0 Å². The van der Waals surface area contributed by atoms with E-state index in [0.717, 1.165) is 12.8 Å². The molecular weight excluding hydrogens is 308 g/mol. The van der Waals surface area contributed by atoms with Crippen molar-refractivity contribution in [3.8, 4) is 0 Å². The lowest BCUT2D eigenvalue weighted by Gasteiger charge is -1.91. The van der Waals surface area contributed by atoms with Crippen LogP contribution in [0.15, 0.2) is 47.3 Å². The largest absolute Gasteiger partial charge is 0.481 e. The second kappa shape index (κ2) is 16.9. The van der Waals surface area contributed by atoms with Crippen molar-refractivity contribution in [3.63, 3.8) is 0 Å². The summed E-state index contributed by atoms with van der Waals surface area (Å²) in [6, 6.07) is 0. The zero-order chi connectivity index (χ0) is 17.2. The minimum absolute atomic E-state index is 0.157. The summed E-state index contributed by atoms with van der Waals surface area (Å²) in [5.41, 5.74) is 0. The van der Waals surface area contributed by atoms with Gasteiger partial charge in [-0.15, -0.1) is 0 Å². The molecule has 0 saturated heterocycles. The van der Waals surface area contributed by atoms with Crippen LogP contribution in [0.5, 0.6) is 0 Å². The molecule has 130 valence electrons. The van der Waals surface area contributed by atoms with Gasteiger partial charge in [0.1, 0.15) is 0 Å². The number of aliphatic carboxylic acids is 1. The molecular formula is C19H30O3S. The predicted octanol–water partition coefficient (Wildman–Crippen LogP) is 5.49. The van der Waals surface area contributed by atoms with E-state index in [1.807, 2.05) is 6.08 Å². The van der Waals surface area contributed by atoms with Gasteiger partial charge in [0.25, 0.3) is 0 Å². The van der Waals surface area contributed by atoms with E-state index in [2.05, 4.69) is 31.2 Å². The maximum absolute atomic E-state index is 11.6. The Kier molecular flexibility index (Phi) is 15.9. The number of unbranched alkanes of at least 4 members (excludes halogenated alkanes) is 4. The van der Waals surface area contributed by atoms with Crippen molar-refractivity contribution in [3.05, 3.63) is 47.3 Å². The Labute approximate surface area is 143 Å². The van der Waals surface area contributed by atoms with E-state index in [-0.39, 0.29) is 6.42 Å². The van der Waals surface area contributed by atoms with E-state index >= 15 is 0 Å². The smallest absolute Gasteiger partial charge is 0.303 e. The van der Waals surface area contributed by atoms with Crippen LogP contribution in [0, 0.1) is 0 Å². The molecule has 3 nitrogen and oxygen atoms in total. The average Bonchev–Trinajstić information content (AvgIpc) is 2.52. The summed E-state index contributed by atoms with van der Waals surface area (Å²) in [7, 11) is -1.10. The molecule has 1 atom stereocenters. The van der Waals surface area contributed by atoms with Crippen molar-refractivity contribution >= 4 is 16.8 Å². The first-order valence-electron chi connectivity index (χ1n) is 8.41. The highest BCUT2D eigenvalue weighted by molar-refractivity contribution is 7.90. The van der Waals surface area contributed by atoms with E-state index < -0.39 is 16.8 Å². The Hall–Kier alpha value is -1.42. The van der Waals surface area contributed by atoms with Crippen LogP contribution in [0.1, 0.15) is 64.7 Å². The molecule has 0 aromatic rings. The van der Waals surface area contributed by atoms with Gasteiger partial charge in [0, 0.05) is 17.2 Å².